The van der Waals surface area contributed by atoms with Gasteiger partial charge >= 0.3 is 6.36 Å². The second-order valence-corrected chi connectivity index (χ2v) is 6.80. The SMILES string of the molecule is Cc1[nH]nc(-c2cccc(NC(=O)Cc3ccc(OC(F)(F)F)cc3)c2)c1Br. The van der Waals surface area contributed by atoms with Crippen molar-refractivity contribution in [2.75, 3.05) is 5.32 Å². The van der Waals surface area contributed by atoms with Crippen molar-refractivity contribution in [1.82, 2.24) is 10.2 Å². The Morgan fingerprint density at radius 1 is 1.21 bits per heavy atom. The van der Waals surface area contributed by atoms with E-state index >= 15 is 0 Å². The lowest BCUT2D eigenvalue weighted by Crippen LogP contribution is -2.17. The number of aromatic nitrogens is 2. The smallest absolute Gasteiger partial charge is 0.406 e. The fraction of sp³-hybridized carbons (Fsp3) is 0.158. The number of ether oxygens (including phenoxy) is 1. The molecule has 2 N–H and O–H groups in total. The molecule has 3 rings (SSSR count). The van der Waals surface area contributed by atoms with Crippen LogP contribution in [-0.4, -0.2) is 22.5 Å². The van der Waals surface area contributed by atoms with Crippen LogP contribution < -0.4 is 10.1 Å². The lowest BCUT2D eigenvalue weighted by molar-refractivity contribution is -0.274. The highest BCUT2D eigenvalue weighted by molar-refractivity contribution is 9.10. The number of aromatic amines is 1. The number of aryl methyl sites for hydroxylation is 1. The molecule has 0 spiro atoms. The van der Waals surface area contributed by atoms with Crippen LogP contribution in [0.4, 0.5) is 18.9 Å². The van der Waals surface area contributed by atoms with Gasteiger partial charge in [0, 0.05) is 16.9 Å². The van der Waals surface area contributed by atoms with Crippen LogP contribution in [0.5, 0.6) is 5.75 Å². The zero-order chi connectivity index (χ0) is 20.3. The number of alkyl halides is 3. The Kier molecular flexibility index (Phi) is 5.73. The summed E-state index contributed by atoms with van der Waals surface area (Å²) in [5.41, 5.74) is 3.60. The molecule has 5 nitrogen and oxygen atoms in total. The highest BCUT2D eigenvalue weighted by Gasteiger charge is 2.30. The van der Waals surface area contributed by atoms with Gasteiger partial charge in [0.05, 0.1) is 10.9 Å². The molecule has 146 valence electrons. The van der Waals surface area contributed by atoms with E-state index in [0.29, 0.717) is 11.3 Å². The number of carbonyl (C=O) groups excluding carboxylic acids is 1. The van der Waals surface area contributed by atoms with Crippen molar-refractivity contribution in [2.24, 2.45) is 0 Å². The van der Waals surface area contributed by atoms with Crippen molar-refractivity contribution in [3.05, 3.63) is 64.3 Å². The van der Waals surface area contributed by atoms with Crippen LogP contribution >= 0.6 is 15.9 Å². The summed E-state index contributed by atoms with van der Waals surface area (Å²) < 4.78 is 41.2. The maximum Gasteiger partial charge on any atom is 0.573 e. The summed E-state index contributed by atoms with van der Waals surface area (Å²) in [6, 6.07) is 12.4. The van der Waals surface area contributed by atoms with Crippen LogP contribution in [0.3, 0.4) is 0 Å². The molecule has 28 heavy (non-hydrogen) atoms. The average Bonchev–Trinajstić information content (AvgIpc) is 2.95. The number of benzene rings is 2. The first kappa shape index (κ1) is 19.9. The topological polar surface area (TPSA) is 67.0 Å². The summed E-state index contributed by atoms with van der Waals surface area (Å²) in [6.45, 7) is 1.89. The third-order valence-electron chi connectivity index (χ3n) is 3.81. The molecule has 1 heterocycles. The fourth-order valence-corrected chi connectivity index (χ4v) is 2.96. The minimum atomic E-state index is -4.74. The van der Waals surface area contributed by atoms with Gasteiger partial charge < -0.3 is 10.1 Å². The van der Waals surface area contributed by atoms with Gasteiger partial charge in [0.2, 0.25) is 5.91 Å². The number of carbonyl (C=O) groups is 1. The third-order valence-corrected chi connectivity index (χ3v) is 4.78. The monoisotopic (exact) mass is 453 g/mol. The van der Waals surface area contributed by atoms with Gasteiger partial charge in [0.15, 0.2) is 0 Å². The molecule has 0 saturated carbocycles. The van der Waals surface area contributed by atoms with Crippen LogP contribution in [0.25, 0.3) is 11.3 Å². The predicted octanol–water partition coefficient (Wildman–Crippen LogP) is 5.23. The number of H-pyrrole nitrogens is 1. The summed E-state index contributed by atoms with van der Waals surface area (Å²) in [7, 11) is 0. The number of rotatable bonds is 5. The summed E-state index contributed by atoms with van der Waals surface area (Å²) >= 11 is 3.47. The highest BCUT2D eigenvalue weighted by Crippen LogP contribution is 2.30. The molecule has 0 aliphatic carbocycles. The van der Waals surface area contributed by atoms with Crippen molar-refractivity contribution in [3.63, 3.8) is 0 Å². The van der Waals surface area contributed by atoms with Crippen molar-refractivity contribution in [2.45, 2.75) is 19.7 Å². The van der Waals surface area contributed by atoms with Crippen molar-refractivity contribution >= 4 is 27.5 Å². The van der Waals surface area contributed by atoms with Crippen LogP contribution in [0, 0.1) is 6.92 Å². The first-order chi connectivity index (χ1) is 13.2. The van der Waals surface area contributed by atoms with Crippen molar-refractivity contribution < 1.29 is 22.7 Å². The summed E-state index contributed by atoms with van der Waals surface area (Å²) in [5, 5.41) is 9.89. The number of nitrogens with one attached hydrogen (secondary N) is 2. The Hall–Kier alpha value is -2.81. The molecule has 2 aromatic carbocycles. The van der Waals surface area contributed by atoms with Crippen LogP contribution in [0.15, 0.2) is 53.0 Å². The van der Waals surface area contributed by atoms with E-state index in [4.69, 9.17) is 0 Å². The molecule has 0 radical (unpaired) electrons. The van der Waals surface area contributed by atoms with Gasteiger partial charge in [-0.15, -0.1) is 13.2 Å². The Labute approximate surface area is 167 Å². The Balaban J connectivity index is 1.65. The first-order valence-corrected chi connectivity index (χ1v) is 8.96. The molecular formula is C19H15BrF3N3O2. The minimum Gasteiger partial charge on any atom is -0.406 e. The molecule has 1 aromatic heterocycles. The molecule has 9 heteroatoms. The van der Waals surface area contributed by atoms with Crippen LogP contribution in [-0.2, 0) is 11.2 Å². The molecule has 0 aliphatic rings. The van der Waals surface area contributed by atoms with Crippen LogP contribution in [0.2, 0.25) is 0 Å². The van der Waals surface area contributed by atoms with E-state index in [-0.39, 0.29) is 18.1 Å². The molecule has 0 unspecified atom stereocenters. The van der Waals surface area contributed by atoms with Gasteiger partial charge in [-0.1, -0.05) is 24.3 Å². The second-order valence-electron chi connectivity index (χ2n) is 6.01. The third kappa shape index (κ3) is 5.13. The van der Waals surface area contributed by atoms with E-state index in [9.17, 15) is 18.0 Å². The number of nitrogens with zero attached hydrogens (tertiary/aromatic N) is 1. The Morgan fingerprint density at radius 3 is 2.54 bits per heavy atom. The lowest BCUT2D eigenvalue weighted by Gasteiger charge is -2.10. The van der Waals surface area contributed by atoms with Crippen LogP contribution in [0.1, 0.15) is 11.3 Å². The molecule has 0 bridgehead atoms. The standard InChI is InChI=1S/C19H15BrF3N3O2/c1-11-17(20)18(26-25-11)13-3-2-4-14(10-13)24-16(27)9-12-5-7-15(8-6-12)28-19(21,22)23/h2-8,10H,9H2,1H3,(H,24,27)(H,25,26). The Morgan fingerprint density at radius 2 is 1.93 bits per heavy atom. The van der Waals surface area contributed by atoms with E-state index < -0.39 is 6.36 Å². The molecule has 0 fully saturated rings. The molecule has 0 saturated heterocycles. The molecule has 1 amide bonds. The van der Waals surface area contributed by atoms with Crippen molar-refractivity contribution in [1.29, 1.82) is 0 Å². The van der Waals surface area contributed by atoms with Crippen molar-refractivity contribution in [3.8, 4) is 17.0 Å². The van der Waals surface area contributed by atoms with E-state index in [1.807, 2.05) is 13.0 Å². The maximum absolute atomic E-state index is 12.3. The number of hydrogen-bond donors (Lipinski definition) is 2. The largest absolute Gasteiger partial charge is 0.573 e. The van der Waals surface area contributed by atoms with Gasteiger partial charge in [-0.3, -0.25) is 9.89 Å². The Bertz CT molecular complexity index is 985. The van der Waals surface area contributed by atoms with E-state index in [0.717, 1.165) is 21.4 Å². The summed E-state index contributed by atoms with van der Waals surface area (Å²) in [6.07, 6.45) is -4.73. The lowest BCUT2D eigenvalue weighted by atomic mass is 10.1. The molecule has 0 aliphatic heterocycles. The summed E-state index contributed by atoms with van der Waals surface area (Å²) in [4.78, 5) is 12.3. The van der Waals surface area contributed by atoms with Gasteiger partial charge in [-0.2, -0.15) is 5.10 Å². The molecule has 0 atom stereocenters. The number of halogens is 4. The average molecular weight is 454 g/mol. The first-order valence-electron chi connectivity index (χ1n) is 8.17. The van der Waals surface area contributed by atoms with E-state index in [1.165, 1.54) is 24.3 Å². The highest BCUT2D eigenvalue weighted by atomic mass is 79.9. The van der Waals surface area contributed by atoms with Gasteiger partial charge in [-0.25, -0.2) is 0 Å². The summed E-state index contributed by atoms with van der Waals surface area (Å²) in [5.74, 6) is -0.622. The van der Waals surface area contributed by atoms with Gasteiger partial charge in [-0.05, 0) is 52.7 Å². The fourth-order valence-electron chi connectivity index (χ4n) is 2.55. The quantitative estimate of drug-likeness (QED) is 0.555. The zero-order valence-corrected chi connectivity index (χ0v) is 16.2. The maximum atomic E-state index is 12.3. The zero-order valence-electron chi connectivity index (χ0n) is 14.6. The molecule has 3 aromatic rings. The molecular weight excluding hydrogens is 439 g/mol. The second kappa shape index (κ2) is 8.05. The number of amides is 1. The normalized spacial score (nSPS) is 11.3. The van der Waals surface area contributed by atoms with E-state index in [2.05, 4.69) is 36.2 Å². The number of anilines is 1. The van der Waals surface area contributed by atoms with E-state index in [1.54, 1.807) is 18.2 Å². The van der Waals surface area contributed by atoms with Gasteiger partial charge in [0.25, 0.3) is 0 Å². The van der Waals surface area contributed by atoms with Gasteiger partial charge in [0.1, 0.15) is 11.4 Å². The number of hydrogen-bond acceptors (Lipinski definition) is 3. The minimum absolute atomic E-state index is 0.0156. The predicted molar refractivity (Wildman–Crippen MR) is 102 cm³/mol.